The zero-order valence-corrected chi connectivity index (χ0v) is 26.4. The number of fused-ring (bicyclic) bond motifs is 5. The zero-order chi connectivity index (χ0) is 28.6. The Morgan fingerprint density at radius 1 is 0.833 bits per heavy atom. The molecule has 2 aliphatic carbocycles. The first-order valence-electron chi connectivity index (χ1n) is 17.8. The van der Waals surface area contributed by atoms with E-state index in [2.05, 4.69) is 52.5 Å². The van der Waals surface area contributed by atoms with Crippen molar-refractivity contribution in [3.8, 4) is 0 Å². The molecule has 230 valence electrons. The van der Waals surface area contributed by atoms with Crippen LogP contribution in [0, 0.1) is 17.8 Å². The molecule has 4 bridgehead atoms. The molecular formula is C36H55N5O. The normalized spacial score (nSPS) is 34.0. The van der Waals surface area contributed by atoms with E-state index in [1.54, 1.807) is 0 Å². The van der Waals surface area contributed by atoms with Gasteiger partial charge in [-0.2, -0.15) is 0 Å². The van der Waals surface area contributed by atoms with Gasteiger partial charge in [-0.05, 0) is 102 Å². The molecule has 7 atom stereocenters. The minimum atomic E-state index is 0.281. The number of carbonyl (C=O) groups excluding carboxylic acids is 1. The molecule has 2 saturated carbocycles. The number of amides is 1. The van der Waals surface area contributed by atoms with E-state index in [1.165, 1.54) is 100 Å². The average Bonchev–Trinajstić information content (AvgIpc) is 3.53. The fraction of sp³-hybridized carbons (Fsp3) is 0.778. The van der Waals surface area contributed by atoms with Crippen molar-refractivity contribution in [1.82, 2.24) is 24.3 Å². The van der Waals surface area contributed by atoms with Gasteiger partial charge in [0.1, 0.15) is 5.82 Å². The smallest absolute Gasteiger partial charge is 0.236 e. The molecule has 6 nitrogen and oxygen atoms in total. The summed E-state index contributed by atoms with van der Waals surface area (Å²) in [6.45, 7) is 8.39. The van der Waals surface area contributed by atoms with E-state index in [1.807, 2.05) is 4.90 Å². The minimum Gasteiger partial charge on any atom is -0.342 e. The summed E-state index contributed by atoms with van der Waals surface area (Å²) < 4.78 is 2.71. The summed E-state index contributed by atoms with van der Waals surface area (Å²) in [6.07, 6.45) is 19.4. The fourth-order valence-electron chi connectivity index (χ4n) is 10.3. The van der Waals surface area contributed by atoms with E-state index in [9.17, 15) is 4.79 Å². The molecule has 1 aromatic heterocycles. The Hall–Kier alpha value is -1.92. The molecule has 0 N–H and O–H groups in total. The van der Waals surface area contributed by atoms with Crippen LogP contribution >= 0.6 is 0 Å². The van der Waals surface area contributed by atoms with E-state index in [-0.39, 0.29) is 5.91 Å². The summed E-state index contributed by atoms with van der Waals surface area (Å²) >= 11 is 0. The van der Waals surface area contributed by atoms with Gasteiger partial charge in [0.25, 0.3) is 0 Å². The number of para-hydroxylation sites is 2. The van der Waals surface area contributed by atoms with E-state index >= 15 is 0 Å². The van der Waals surface area contributed by atoms with E-state index in [0.29, 0.717) is 18.5 Å². The van der Waals surface area contributed by atoms with Crippen LogP contribution in [0.3, 0.4) is 0 Å². The van der Waals surface area contributed by atoms with Gasteiger partial charge in [-0.15, -0.1) is 0 Å². The van der Waals surface area contributed by atoms with Gasteiger partial charge in [-0.25, -0.2) is 4.98 Å². The monoisotopic (exact) mass is 573 g/mol. The first-order valence-corrected chi connectivity index (χ1v) is 17.8. The highest BCUT2D eigenvalue weighted by atomic mass is 16.2. The number of hydrogen-bond donors (Lipinski definition) is 0. The van der Waals surface area contributed by atoms with Crippen LogP contribution in [0.4, 0.5) is 0 Å². The molecule has 0 radical (unpaired) electrons. The molecule has 1 aromatic carbocycles. The standard InChI is InChI=1S/C36H55N5O/c1-3-39(4-2)36(42)25-38-17-16-28(24-38)21-35-37-33-14-7-8-15-34(33)41(35)32-22-29-12-9-13-30(23-32)40(29)31-19-26-10-5-6-11-27(18-26)20-31/h7-8,14-15,26-32H,3-6,9-13,16-25H2,1-2H3/t26-,27+,28-,29-,30+,31+,32-/m0/s1. The number of aromatic nitrogens is 2. The minimum absolute atomic E-state index is 0.281. The van der Waals surface area contributed by atoms with Crippen LogP contribution in [0.2, 0.25) is 0 Å². The Labute approximate surface area is 254 Å². The second-order valence-electron chi connectivity index (χ2n) is 14.7. The van der Waals surface area contributed by atoms with Crippen molar-refractivity contribution in [2.75, 3.05) is 32.7 Å². The number of carbonyl (C=O) groups is 1. The summed E-state index contributed by atoms with van der Waals surface area (Å²) in [5.41, 5.74) is 2.52. The number of nitrogens with zero attached hydrogens (tertiary/aromatic N) is 5. The van der Waals surface area contributed by atoms with E-state index in [0.717, 1.165) is 62.6 Å². The van der Waals surface area contributed by atoms with Gasteiger partial charge in [0, 0.05) is 50.2 Å². The van der Waals surface area contributed by atoms with Crippen molar-refractivity contribution in [3.05, 3.63) is 30.1 Å². The Balaban J connectivity index is 1.08. The highest BCUT2D eigenvalue weighted by molar-refractivity contribution is 5.78. The van der Waals surface area contributed by atoms with Gasteiger partial charge in [0.05, 0.1) is 17.6 Å². The number of likely N-dealkylation sites (tertiary alicyclic amines) is 1. The van der Waals surface area contributed by atoms with Crippen LogP contribution in [-0.4, -0.2) is 81.0 Å². The molecule has 3 aliphatic heterocycles. The molecule has 0 unspecified atom stereocenters. The Bertz CT molecular complexity index is 1190. The predicted octanol–water partition coefficient (Wildman–Crippen LogP) is 6.69. The van der Waals surface area contributed by atoms with Crippen LogP contribution in [0.15, 0.2) is 24.3 Å². The molecule has 1 amide bonds. The number of hydrogen-bond acceptors (Lipinski definition) is 4. The number of likely N-dealkylation sites (N-methyl/N-ethyl adjacent to an activating group) is 1. The topological polar surface area (TPSA) is 44.6 Å². The molecule has 5 aliphatic rings. The van der Waals surface area contributed by atoms with Crippen molar-refractivity contribution in [3.63, 3.8) is 0 Å². The Morgan fingerprint density at radius 3 is 2.26 bits per heavy atom. The average molecular weight is 574 g/mol. The maximum Gasteiger partial charge on any atom is 0.236 e. The quantitative estimate of drug-likeness (QED) is 0.353. The SMILES string of the molecule is CCN(CC)C(=O)CN1CC[C@@H](Cc2nc3ccccc3n2[C@@H]2C[C@H]3CCC[C@@H](C2)N3[C@H]2C[C@@H]3CCCC[C@@H](C3)C2)C1. The molecule has 4 heterocycles. The highest BCUT2D eigenvalue weighted by Crippen LogP contribution is 2.47. The van der Waals surface area contributed by atoms with Crippen LogP contribution in [0.25, 0.3) is 11.0 Å². The molecule has 42 heavy (non-hydrogen) atoms. The maximum atomic E-state index is 12.8. The van der Waals surface area contributed by atoms with Gasteiger partial charge in [-0.3, -0.25) is 14.6 Å². The van der Waals surface area contributed by atoms with Crippen molar-refractivity contribution >= 4 is 16.9 Å². The molecule has 0 spiro atoms. The molecule has 6 heteroatoms. The summed E-state index contributed by atoms with van der Waals surface area (Å²) in [6, 6.07) is 11.8. The largest absolute Gasteiger partial charge is 0.342 e. The lowest BCUT2D eigenvalue weighted by molar-refractivity contribution is -0.131. The number of rotatable bonds is 8. The van der Waals surface area contributed by atoms with Gasteiger partial charge in [-0.1, -0.05) is 44.2 Å². The zero-order valence-electron chi connectivity index (χ0n) is 26.4. The first kappa shape index (κ1) is 28.8. The third-order valence-corrected chi connectivity index (χ3v) is 12.1. The van der Waals surface area contributed by atoms with Crippen molar-refractivity contribution < 1.29 is 4.79 Å². The Kier molecular flexibility index (Phi) is 8.64. The van der Waals surface area contributed by atoms with E-state index < -0.39 is 0 Å². The van der Waals surface area contributed by atoms with Crippen LogP contribution < -0.4 is 0 Å². The third kappa shape index (κ3) is 5.79. The first-order chi connectivity index (χ1) is 20.6. The van der Waals surface area contributed by atoms with Crippen molar-refractivity contribution in [1.29, 1.82) is 0 Å². The molecule has 2 aromatic rings. The number of piperidine rings is 2. The highest BCUT2D eigenvalue weighted by Gasteiger charge is 2.45. The molecule has 5 fully saturated rings. The van der Waals surface area contributed by atoms with Gasteiger partial charge in [0.2, 0.25) is 5.91 Å². The van der Waals surface area contributed by atoms with Crippen LogP contribution in [0.1, 0.15) is 109 Å². The fourth-order valence-corrected chi connectivity index (χ4v) is 10.3. The summed E-state index contributed by atoms with van der Waals surface area (Å²) in [7, 11) is 0. The van der Waals surface area contributed by atoms with Gasteiger partial charge < -0.3 is 9.47 Å². The lowest BCUT2D eigenvalue weighted by Crippen LogP contribution is -2.58. The van der Waals surface area contributed by atoms with Crippen molar-refractivity contribution in [2.45, 2.75) is 128 Å². The number of benzene rings is 1. The molecule has 3 saturated heterocycles. The van der Waals surface area contributed by atoms with Gasteiger partial charge in [0.15, 0.2) is 0 Å². The Morgan fingerprint density at radius 2 is 1.55 bits per heavy atom. The summed E-state index contributed by atoms with van der Waals surface area (Å²) in [4.78, 5) is 25.5. The van der Waals surface area contributed by atoms with Crippen LogP contribution in [0.5, 0.6) is 0 Å². The van der Waals surface area contributed by atoms with Crippen molar-refractivity contribution in [2.24, 2.45) is 17.8 Å². The van der Waals surface area contributed by atoms with E-state index in [4.69, 9.17) is 4.98 Å². The van der Waals surface area contributed by atoms with Crippen LogP contribution in [-0.2, 0) is 11.2 Å². The second-order valence-corrected chi connectivity index (χ2v) is 14.7. The van der Waals surface area contributed by atoms with Gasteiger partial charge >= 0.3 is 0 Å². The predicted molar refractivity (Wildman–Crippen MR) is 171 cm³/mol. The second kappa shape index (κ2) is 12.6. The summed E-state index contributed by atoms with van der Waals surface area (Å²) in [5.74, 6) is 4.15. The molecular weight excluding hydrogens is 518 g/mol. The maximum absolute atomic E-state index is 12.8. The lowest BCUT2D eigenvalue weighted by atomic mass is 9.73. The summed E-state index contributed by atoms with van der Waals surface area (Å²) in [5, 5.41) is 0. The molecule has 7 rings (SSSR count). The third-order valence-electron chi connectivity index (χ3n) is 12.1. The number of imidazole rings is 1. The lowest BCUT2D eigenvalue weighted by Gasteiger charge is -2.54.